The summed E-state index contributed by atoms with van der Waals surface area (Å²) in [4.78, 5) is 0. The summed E-state index contributed by atoms with van der Waals surface area (Å²) in [5.41, 5.74) is 4.17. The van der Waals surface area contributed by atoms with Gasteiger partial charge in [-0.05, 0) is 36.0 Å². The highest BCUT2D eigenvalue weighted by molar-refractivity contribution is 5.48. The van der Waals surface area contributed by atoms with Crippen molar-refractivity contribution < 1.29 is 4.74 Å². The fourth-order valence-electron chi connectivity index (χ4n) is 2.75. The summed E-state index contributed by atoms with van der Waals surface area (Å²) in [7, 11) is 0. The Morgan fingerprint density at radius 2 is 1.70 bits per heavy atom. The minimum atomic E-state index is 0.366. The molecule has 0 aliphatic heterocycles. The van der Waals surface area contributed by atoms with E-state index in [0.29, 0.717) is 12.7 Å². The van der Waals surface area contributed by atoms with Gasteiger partial charge in [0.2, 0.25) is 0 Å². The SMILES string of the molecule is C(=C\c1ccccc1)/COC1CCc2ccccc2C1. The summed E-state index contributed by atoms with van der Waals surface area (Å²) in [6.07, 6.45) is 7.92. The van der Waals surface area contributed by atoms with E-state index in [-0.39, 0.29) is 0 Å². The zero-order valence-electron chi connectivity index (χ0n) is 11.7. The molecule has 1 atom stereocenters. The number of rotatable bonds is 4. The van der Waals surface area contributed by atoms with Crippen molar-refractivity contribution in [3.63, 3.8) is 0 Å². The predicted molar refractivity (Wildman–Crippen MR) is 83.7 cm³/mol. The number of aryl methyl sites for hydroxylation is 1. The monoisotopic (exact) mass is 264 g/mol. The molecule has 0 radical (unpaired) electrons. The highest BCUT2D eigenvalue weighted by Gasteiger charge is 2.17. The van der Waals surface area contributed by atoms with Crippen LogP contribution in [0.1, 0.15) is 23.1 Å². The highest BCUT2D eigenvalue weighted by atomic mass is 16.5. The molecule has 3 rings (SSSR count). The molecule has 0 aromatic heterocycles. The summed E-state index contributed by atoms with van der Waals surface area (Å²) in [6, 6.07) is 19.1. The van der Waals surface area contributed by atoms with Crippen LogP contribution in [0.4, 0.5) is 0 Å². The first kappa shape index (κ1) is 13.1. The summed E-state index contributed by atoms with van der Waals surface area (Å²) in [5.74, 6) is 0. The molecule has 0 bridgehead atoms. The normalized spacial score (nSPS) is 18.1. The third-order valence-electron chi connectivity index (χ3n) is 3.84. The second kappa shape index (κ2) is 6.53. The summed E-state index contributed by atoms with van der Waals surface area (Å²) < 4.78 is 5.97. The van der Waals surface area contributed by atoms with Crippen LogP contribution in [0.3, 0.4) is 0 Å². The lowest BCUT2D eigenvalue weighted by Gasteiger charge is -2.24. The molecular formula is C19H20O. The standard InChI is InChI=1S/C19H20O/c1-2-7-16(8-3-1)9-6-14-20-19-13-12-17-10-4-5-11-18(17)15-19/h1-11,19H,12-15H2/b9-6+. The van der Waals surface area contributed by atoms with Gasteiger partial charge in [0.1, 0.15) is 0 Å². The van der Waals surface area contributed by atoms with Crippen molar-refractivity contribution >= 4 is 6.08 Å². The molecule has 2 aromatic rings. The van der Waals surface area contributed by atoms with Gasteiger partial charge in [-0.15, -0.1) is 0 Å². The molecule has 102 valence electrons. The maximum atomic E-state index is 5.97. The number of hydrogen-bond donors (Lipinski definition) is 0. The van der Waals surface area contributed by atoms with Crippen molar-refractivity contribution in [1.82, 2.24) is 0 Å². The Hall–Kier alpha value is -1.86. The molecule has 2 aromatic carbocycles. The first-order valence-electron chi connectivity index (χ1n) is 7.32. The first-order valence-corrected chi connectivity index (χ1v) is 7.32. The van der Waals surface area contributed by atoms with Crippen LogP contribution in [0, 0.1) is 0 Å². The Morgan fingerprint density at radius 1 is 0.950 bits per heavy atom. The lowest BCUT2D eigenvalue weighted by atomic mass is 9.90. The Labute approximate surface area is 120 Å². The molecule has 1 unspecified atom stereocenters. The van der Waals surface area contributed by atoms with Crippen LogP contribution in [0.5, 0.6) is 0 Å². The Morgan fingerprint density at radius 3 is 2.55 bits per heavy atom. The van der Waals surface area contributed by atoms with Crippen molar-refractivity contribution in [2.45, 2.75) is 25.4 Å². The van der Waals surface area contributed by atoms with Crippen LogP contribution in [-0.4, -0.2) is 12.7 Å². The van der Waals surface area contributed by atoms with Gasteiger partial charge in [-0.25, -0.2) is 0 Å². The van der Waals surface area contributed by atoms with Gasteiger partial charge in [0.25, 0.3) is 0 Å². The smallest absolute Gasteiger partial charge is 0.0654 e. The number of hydrogen-bond acceptors (Lipinski definition) is 1. The lowest BCUT2D eigenvalue weighted by molar-refractivity contribution is 0.0645. The van der Waals surface area contributed by atoms with Crippen molar-refractivity contribution in [1.29, 1.82) is 0 Å². The van der Waals surface area contributed by atoms with E-state index in [0.717, 1.165) is 19.3 Å². The van der Waals surface area contributed by atoms with Gasteiger partial charge >= 0.3 is 0 Å². The van der Waals surface area contributed by atoms with Gasteiger partial charge in [0.15, 0.2) is 0 Å². The third-order valence-corrected chi connectivity index (χ3v) is 3.84. The first-order chi connectivity index (χ1) is 9.92. The second-order valence-electron chi connectivity index (χ2n) is 5.28. The molecule has 0 spiro atoms. The largest absolute Gasteiger partial charge is 0.374 e. The molecular weight excluding hydrogens is 244 g/mol. The molecule has 1 aliphatic carbocycles. The molecule has 0 saturated heterocycles. The van der Waals surface area contributed by atoms with Gasteiger partial charge in [0, 0.05) is 0 Å². The van der Waals surface area contributed by atoms with E-state index >= 15 is 0 Å². The van der Waals surface area contributed by atoms with Crippen molar-refractivity contribution in [2.75, 3.05) is 6.61 Å². The van der Waals surface area contributed by atoms with Crippen LogP contribution >= 0.6 is 0 Å². The van der Waals surface area contributed by atoms with Crippen LogP contribution < -0.4 is 0 Å². The van der Waals surface area contributed by atoms with E-state index in [9.17, 15) is 0 Å². The third kappa shape index (κ3) is 3.37. The second-order valence-corrected chi connectivity index (χ2v) is 5.28. The van der Waals surface area contributed by atoms with Crippen LogP contribution in [0.2, 0.25) is 0 Å². The molecule has 0 fully saturated rings. The highest BCUT2D eigenvalue weighted by Crippen LogP contribution is 2.22. The topological polar surface area (TPSA) is 9.23 Å². The van der Waals surface area contributed by atoms with Gasteiger partial charge in [-0.1, -0.05) is 66.7 Å². The maximum Gasteiger partial charge on any atom is 0.0654 e. The average molecular weight is 264 g/mol. The van der Waals surface area contributed by atoms with Crippen molar-refractivity contribution in [2.24, 2.45) is 0 Å². The Kier molecular flexibility index (Phi) is 4.29. The minimum Gasteiger partial charge on any atom is -0.374 e. The van der Waals surface area contributed by atoms with E-state index in [2.05, 4.69) is 60.7 Å². The quantitative estimate of drug-likeness (QED) is 0.801. The maximum absolute atomic E-state index is 5.97. The molecule has 1 nitrogen and oxygen atoms in total. The number of ether oxygens (including phenoxy) is 1. The van der Waals surface area contributed by atoms with Gasteiger partial charge in [0.05, 0.1) is 12.7 Å². The van der Waals surface area contributed by atoms with Crippen molar-refractivity contribution in [3.8, 4) is 0 Å². The molecule has 0 saturated carbocycles. The van der Waals surface area contributed by atoms with Crippen LogP contribution in [0.25, 0.3) is 6.08 Å². The van der Waals surface area contributed by atoms with Crippen LogP contribution in [0.15, 0.2) is 60.7 Å². The lowest BCUT2D eigenvalue weighted by Crippen LogP contribution is -2.22. The fraction of sp³-hybridized carbons (Fsp3) is 0.263. The summed E-state index contributed by atoms with van der Waals surface area (Å²) in [6.45, 7) is 0.696. The summed E-state index contributed by atoms with van der Waals surface area (Å²) in [5, 5.41) is 0. The Balaban J connectivity index is 1.50. The average Bonchev–Trinajstić information content (AvgIpc) is 2.52. The number of benzene rings is 2. The van der Waals surface area contributed by atoms with E-state index in [4.69, 9.17) is 4.74 Å². The van der Waals surface area contributed by atoms with Gasteiger partial charge < -0.3 is 4.74 Å². The molecule has 0 heterocycles. The predicted octanol–water partition coefficient (Wildman–Crippen LogP) is 4.27. The van der Waals surface area contributed by atoms with E-state index < -0.39 is 0 Å². The zero-order valence-corrected chi connectivity index (χ0v) is 11.7. The van der Waals surface area contributed by atoms with Crippen molar-refractivity contribution in [3.05, 3.63) is 77.4 Å². The van der Waals surface area contributed by atoms with Gasteiger partial charge in [-0.2, -0.15) is 0 Å². The van der Waals surface area contributed by atoms with E-state index in [1.165, 1.54) is 16.7 Å². The van der Waals surface area contributed by atoms with Crippen LogP contribution in [-0.2, 0) is 17.6 Å². The minimum absolute atomic E-state index is 0.366. The number of fused-ring (bicyclic) bond motifs is 1. The Bertz CT molecular complexity index is 571. The summed E-state index contributed by atoms with van der Waals surface area (Å²) >= 11 is 0. The zero-order chi connectivity index (χ0) is 13.6. The van der Waals surface area contributed by atoms with E-state index in [1.807, 2.05) is 6.07 Å². The fourth-order valence-corrected chi connectivity index (χ4v) is 2.75. The van der Waals surface area contributed by atoms with Gasteiger partial charge in [-0.3, -0.25) is 0 Å². The molecule has 0 amide bonds. The molecule has 1 heteroatoms. The molecule has 20 heavy (non-hydrogen) atoms. The van der Waals surface area contributed by atoms with E-state index in [1.54, 1.807) is 0 Å². The molecule has 1 aliphatic rings. The molecule has 0 N–H and O–H groups in total.